The number of nitrogens with zero attached hydrogens (tertiary/aromatic N) is 1. The molecule has 28 heavy (non-hydrogen) atoms. The van der Waals surface area contributed by atoms with E-state index >= 15 is 0 Å². The molecule has 0 spiro atoms. The van der Waals surface area contributed by atoms with Crippen molar-refractivity contribution in [1.82, 2.24) is 10.6 Å². The van der Waals surface area contributed by atoms with Crippen LogP contribution in [0.15, 0.2) is 29.3 Å². The first-order chi connectivity index (χ1) is 12.8. The molecule has 1 aromatic rings. The van der Waals surface area contributed by atoms with Crippen LogP contribution in [0.3, 0.4) is 0 Å². The second-order valence-corrected chi connectivity index (χ2v) is 6.71. The smallest absolute Gasteiger partial charge is 0.406 e. The summed E-state index contributed by atoms with van der Waals surface area (Å²) in [5, 5.41) is 16.8. The van der Waals surface area contributed by atoms with Gasteiger partial charge in [-0.2, -0.15) is 0 Å². The van der Waals surface area contributed by atoms with Crippen molar-refractivity contribution in [2.45, 2.75) is 56.9 Å². The van der Waals surface area contributed by atoms with Crippen molar-refractivity contribution in [3.8, 4) is 5.75 Å². The molecular weight excluding hydrogens is 490 g/mol. The lowest BCUT2D eigenvalue weighted by Crippen LogP contribution is -2.47. The molecule has 0 aliphatic carbocycles. The molecule has 0 amide bonds. The van der Waals surface area contributed by atoms with Gasteiger partial charge in [-0.3, -0.25) is 4.99 Å². The first kappa shape index (κ1) is 23.0. The number of guanidine groups is 1. The Balaban J connectivity index is 0.00000280. The monoisotopic (exact) mass is 515 g/mol. The summed E-state index contributed by atoms with van der Waals surface area (Å²) in [5.41, 5.74) is 0.465. The van der Waals surface area contributed by atoms with Gasteiger partial charge < -0.3 is 25.2 Å². The Morgan fingerprint density at radius 1 is 1.32 bits per heavy atom. The van der Waals surface area contributed by atoms with Crippen LogP contribution in [-0.2, 0) is 4.74 Å². The Morgan fingerprint density at radius 2 is 2.04 bits per heavy atom. The van der Waals surface area contributed by atoms with Crippen molar-refractivity contribution in [1.29, 1.82) is 0 Å². The Labute approximate surface area is 178 Å². The molecule has 10 heteroatoms. The van der Waals surface area contributed by atoms with Gasteiger partial charge in [-0.25, -0.2) is 0 Å². The van der Waals surface area contributed by atoms with E-state index in [4.69, 9.17) is 4.74 Å². The fraction of sp³-hybridized carbons (Fsp3) is 0.611. The molecule has 2 bridgehead atoms. The minimum Gasteiger partial charge on any atom is -0.406 e. The van der Waals surface area contributed by atoms with Gasteiger partial charge in [0.25, 0.3) is 0 Å². The van der Waals surface area contributed by atoms with E-state index in [1.165, 1.54) is 24.3 Å². The first-order valence-electron chi connectivity index (χ1n) is 9.08. The second kappa shape index (κ2) is 9.97. The molecule has 3 rings (SSSR count). The van der Waals surface area contributed by atoms with Gasteiger partial charge in [-0.1, -0.05) is 12.1 Å². The molecule has 2 aliphatic heterocycles. The number of hydrogen-bond acceptors (Lipinski definition) is 4. The molecule has 2 saturated heterocycles. The van der Waals surface area contributed by atoms with Gasteiger partial charge >= 0.3 is 6.36 Å². The van der Waals surface area contributed by atoms with E-state index in [1.807, 2.05) is 6.92 Å². The summed E-state index contributed by atoms with van der Waals surface area (Å²) in [7, 11) is 0. The zero-order chi connectivity index (χ0) is 19.4. The summed E-state index contributed by atoms with van der Waals surface area (Å²) in [5.74, 6) is 0.267. The van der Waals surface area contributed by atoms with Crippen LogP contribution in [0.2, 0.25) is 0 Å². The molecule has 4 atom stereocenters. The topological polar surface area (TPSA) is 75.1 Å². The maximum absolute atomic E-state index is 12.2. The molecule has 2 heterocycles. The van der Waals surface area contributed by atoms with Crippen molar-refractivity contribution < 1.29 is 27.8 Å². The summed E-state index contributed by atoms with van der Waals surface area (Å²) in [6.45, 7) is 2.70. The SMILES string of the molecule is CCNC(=NCC(O)c1ccc(OC(F)(F)F)cc1)NC1CC2CCC1O2.I. The highest BCUT2D eigenvalue weighted by Crippen LogP contribution is 2.34. The Kier molecular flexibility index (Phi) is 8.19. The summed E-state index contributed by atoms with van der Waals surface area (Å²) in [6.07, 6.45) is -2.07. The third-order valence-corrected chi connectivity index (χ3v) is 4.69. The maximum atomic E-state index is 12.2. The van der Waals surface area contributed by atoms with Crippen molar-refractivity contribution >= 4 is 29.9 Å². The standard InChI is InChI=1S/C18H24F3N3O3.HI/c1-2-22-17(24-14-9-13-7-8-16(14)26-13)23-10-15(25)11-3-5-12(6-4-11)27-18(19,20)21;/h3-6,13-16,25H,2,7-10H2,1H3,(H2,22,23,24);1H. The summed E-state index contributed by atoms with van der Waals surface area (Å²) in [4.78, 5) is 4.40. The number of hydrogen-bond donors (Lipinski definition) is 3. The molecule has 0 radical (unpaired) electrons. The average molecular weight is 515 g/mol. The molecule has 0 aromatic heterocycles. The van der Waals surface area contributed by atoms with Crippen molar-refractivity contribution in [2.75, 3.05) is 13.1 Å². The van der Waals surface area contributed by atoms with Crippen LogP contribution in [0.1, 0.15) is 37.9 Å². The van der Waals surface area contributed by atoms with Crippen molar-refractivity contribution in [3.63, 3.8) is 0 Å². The Morgan fingerprint density at radius 3 is 2.57 bits per heavy atom. The maximum Gasteiger partial charge on any atom is 0.573 e. The quantitative estimate of drug-likeness (QED) is 0.309. The number of aliphatic hydroxyl groups excluding tert-OH is 1. The largest absolute Gasteiger partial charge is 0.573 e. The van der Waals surface area contributed by atoms with E-state index in [9.17, 15) is 18.3 Å². The summed E-state index contributed by atoms with van der Waals surface area (Å²) < 4.78 is 46.2. The van der Waals surface area contributed by atoms with E-state index in [0.29, 0.717) is 24.2 Å². The van der Waals surface area contributed by atoms with Crippen molar-refractivity contribution in [2.24, 2.45) is 4.99 Å². The van der Waals surface area contributed by atoms with Crippen molar-refractivity contribution in [3.05, 3.63) is 29.8 Å². The molecule has 2 fully saturated rings. The second-order valence-electron chi connectivity index (χ2n) is 6.71. The van der Waals surface area contributed by atoms with Crippen LogP contribution in [0.5, 0.6) is 5.75 Å². The fourth-order valence-electron chi connectivity index (χ4n) is 3.46. The van der Waals surface area contributed by atoms with Crippen LogP contribution < -0.4 is 15.4 Å². The predicted octanol–water partition coefficient (Wildman–Crippen LogP) is 3.11. The van der Waals surface area contributed by atoms with Gasteiger partial charge in [0.1, 0.15) is 5.75 Å². The number of ether oxygens (including phenoxy) is 2. The molecule has 0 saturated carbocycles. The molecule has 158 valence electrons. The number of fused-ring (bicyclic) bond motifs is 2. The highest BCUT2D eigenvalue weighted by molar-refractivity contribution is 14.0. The van der Waals surface area contributed by atoms with Gasteiger partial charge in [-0.15, -0.1) is 37.1 Å². The first-order valence-corrected chi connectivity index (χ1v) is 9.08. The summed E-state index contributed by atoms with van der Waals surface area (Å²) in [6, 6.07) is 5.34. The third kappa shape index (κ3) is 6.38. The van der Waals surface area contributed by atoms with Gasteiger partial charge in [0.15, 0.2) is 5.96 Å². The highest BCUT2D eigenvalue weighted by Gasteiger charge is 2.41. The van der Waals surface area contributed by atoms with Gasteiger partial charge in [0.05, 0.1) is 30.9 Å². The van der Waals surface area contributed by atoms with E-state index in [0.717, 1.165) is 19.3 Å². The van der Waals surface area contributed by atoms with E-state index in [1.54, 1.807) is 0 Å². The molecule has 6 nitrogen and oxygen atoms in total. The summed E-state index contributed by atoms with van der Waals surface area (Å²) >= 11 is 0. The van der Waals surface area contributed by atoms with Crippen LogP contribution in [0.4, 0.5) is 13.2 Å². The lowest BCUT2D eigenvalue weighted by Gasteiger charge is -2.23. The van der Waals surface area contributed by atoms with Crippen LogP contribution in [-0.4, -0.2) is 48.8 Å². The number of benzene rings is 1. The fourth-order valence-corrected chi connectivity index (χ4v) is 3.46. The predicted molar refractivity (Wildman–Crippen MR) is 109 cm³/mol. The van der Waals surface area contributed by atoms with E-state index in [2.05, 4.69) is 20.4 Å². The van der Waals surface area contributed by atoms with Crippen LogP contribution in [0.25, 0.3) is 0 Å². The number of rotatable bonds is 6. The number of nitrogens with one attached hydrogen (secondary N) is 2. The van der Waals surface area contributed by atoms with E-state index < -0.39 is 12.5 Å². The van der Waals surface area contributed by atoms with Crippen LogP contribution >= 0.6 is 24.0 Å². The number of alkyl halides is 3. The van der Waals surface area contributed by atoms with Gasteiger partial charge in [0, 0.05) is 6.54 Å². The zero-order valence-electron chi connectivity index (χ0n) is 15.4. The number of aliphatic imine (C=N–C) groups is 1. The molecular formula is C18H25F3IN3O3. The number of aliphatic hydroxyl groups is 1. The highest BCUT2D eigenvalue weighted by atomic mass is 127. The molecule has 2 aliphatic rings. The Bertz CT molecular complexity index is 658. The lowest BCUT2D eigenvalue weighted by atomic mass is 9.96. The molecule has 1 aromatic carbocycles. The lowest BCUT2D eigenvalue weighted by molar-refractivity contribution is -0.274. The Hall–Kier alpha value is -1.27. The zero-order valence-corrected chi connectivity index (χ0v) is 17.7. The third-order valence-electron chi connectivity index (χ3n) is 4.69. The normalized spacial score (nSPS) is 25.2. The molecule has 4 unspecified atom stereocenters. The minimum atomic E-state index is -4.74. The number of halogens is 4. The average Bonchev–Trinajstić information content (AvgIpc) is 3.22. The van der Waals surface area contributed by atoms with Gasteiger partial charge in [0.2, 0.25) is 0 Å². The van der Waals surface area contributed by atoms with Gasteiger partial charge in [-0.05, 0) is 43.9 Å². The van der Waals surface area contributed by atoms with E-state index in [-0.39, 0.29) is 48.4 Å². The minimum absolute atomic E-state index is 0. The molecule has 3 N–H and O–H groups in total. The van der Waals surface area contributed by atoms with Crippen LogP contribution in [0, 0.1) is 0 Å².